The summed E-state index contributed by atoms with van der Waals surface area (Å²) in [5.74, 6) is -5.93. The summed E-state index contributed by atoms with van der Waals surface area (Å²) in [6.07, 6.45) is -4.12. The zero-order chi connectivity index (χ0) is 10.6. The molecule has 7 heteroatoms. The van der Waals surface area contributed by atoms with E-state index in [9.17, 15) is 19.5 Å². The average molecular weight is 191 g/mol. The van der Waals surface area contributed by atoms with Crippen LogP contribution in [0.25, 0.3) is 0 Å². The third-order valence-corrected chi connectivity index (χ3v) is 1.23. The third kappa shape index (κ3) is 2.90. The summed E-state index contributed by atoms with van der Waals surface area (Å²) < 4.78 is 0. The number of aliphatic hydroxyl groups excluding tert-OH is 3. The molecule has 3 N–H and O–H groups in total. The van der Waals surface area contributed by atoms with Gasteiger partial charge in [-0.2, -0.15) is 0 Å². The van der Waals surface area contributed by atoms with Crippen LogP contribution in [0.3, 0.4) is 0 Å². The molecule has 0 unspecified atom stereocenters. The molecule has 0 amide bonds. The van der Waals surface area contributed by atoms with Crippen LogP contribution >= 0.6 is 0 Å². The lowest BCUT2D eigenvalue weighted by Crippen LogP contribution is -2.46. The molecule has 74 valence electrons. The van der Waals surface area contributed by atoms with Crippen LogP contribution < -0.4 is 5.11 Å². The van der Waals surface area contributed by atoms with Crippen molar-refractivity contribution in [2.24, 2.45) is 0 Å². The summed E-state index contributed by atoms with van der Waals surface area (Å²) in [6, 6.07) is 0. The van der Waals surface area contributed by atoms with Gasteiger partial charge in [0.1, 0.15) is 18.2 Å². The molecule has 0 spiro atoms. The number of ketones is 2. The van der Waals surface area contributed by atoms with Gasteiger partial charge in [0, 0.05) is 0 Å². The third-order valence-electron chi connectivity index (χ3n) is 1.23. The predicted molar refractivity (Wildman–Crippen MR) is 34.1 cm³/mol. The summed E-state index contributed by atoms with van der Waals surface area (Å²) >= 11 is 0. The first-order valence-electron chi connectivity index (χ1n) is 3.18. The van der Waals surface area contributed by atoms with Gasteiger partial charge in [-0.1, -0.05) is 0 Å². The maximum Gasteiger partial charge on any atom is 0.246 e. The zero-order valence-corrected chi connectivity index (χ0v) is 6.34. The molecular weight excluding hydrogens is 184 g/mol. The highest BCUT2D eigenvalue weighted by atomic mass is 16.4. The molecule has 0 heterocycles. The number of carbonyl (C=O) groups is 3. The molecule has 0 aliphatic rings. The molecule has 0 fully saturated rings. The summed E-state index contributed by atoms with van der Waals surface area (Å²) in [4.78, 5) is 30.8. The Kier molecular flexibility index (Phi) is 4.18. The van der Waals surface area contributed by atoms with Crippen molar-refractivity contribution >= 4 is 17.5 Å². The van der Waals surface area contributed by atoms with E-state index in [4.69, 9.17) is 15.3 Å². The van der Waals surface area contributed by atoms with Gasteiger partial charge in [0.15, 0.2) is 0 Å². The van der Waals surface area contributed by atoms with Crippen LogP contribution in [0.15, 0.2) is 0 Å². The molecule has 0 aromatic heterocycles. The fourth-order valence-corrected chi connectivity index (χ4v) is 0.509. The second-order valence-electron chi connectivity index (χ2n) is 2.18. The van der Waals surface area contributed by atoms with Gasteiger partial charge in [-0.25, -0.2) is 0 Å². The Labute approximate surface area is 72.2 Å². The molecule has 0 radical (unpaired) electrons. The van der Waals surface area contributed by atoms with E-state index >= 15 is 0 Å². The number of carbonyl (C=O) groups excluding carboxylic acids is 3. The van der Waals surface area contributed by atoms with E-state index in [2.05, 4.69) is 0 Å². The molecule has 0 saturated heterocycles. The van der Waals surface area contributed by atoms with Gasteiger partial charge in [-0.15, -0.1) is 0 Å². The molecular formula is C6H7O7-. The predicted octanol–water partition coefficient (Wildman–Crippen LogP) is -4.41. The van der Waals surface area contributed by atoms with E-state index in [-0.39, 0.29) is 0 Å². The second kappa shape index (κ2) is 4.65. The smallest absolute Gasteiger partial charge is 0.246 e. The number of hydrogen-bond acceptors (Lipinski definition) is 7. The van der Waals surface area contributed by atoms with Gasteiger partial charge in [0.2, 0.25) is 11.6 Å². The largest absolute Gasteiger partial charge is 0.541 e. The molecule has 0 aromatic rings. The molecule has 0 saturated carbocycles. The Bertz CT molecular complexity index is 233. The van der Waals surface area contributed by atoms with Gasteiger partial charge in [-0.3, -0.25) is 9.59 Å². The lowest BCUT2D eigenvalue weighted by molar-refractivity contribution is -0.299. The number of carboxylic acid groups (broad SMARTS) is 1. The topological polar surface area (TPSA) is 135 Å². The minimum Gasteiger partial charge on any atom is -0.541 e. The number of aliphatic carboxylic acids is 1. The van der Waals surface area contributed by atoms with E-state index in [1.165, 1.54) is 0 Å². The van der Waals surface area contributed by atoms with Crippen molar-refractivity contribution in [3.8, 4) is 0 Å². The maximum atomic E-state index is 10.6. The first kappa shape index (κ1) is 11.7. The molecule has 0 bridgehead atoms. The maximum absolute atomic E-state index is 10.6. The highest BCUT2D eigenvalue weighted by Crippen LogP contribution is 1.95. The zero-order valence-electron chi connectivity index (χ0n) is 6.34. The van der Waals surface area contributed by atoms with Crippen LogP contribution in [0.1, 0.15) is 0 Å². The van der Waals surface area contributed by atoms with Crippen LogP contribution in [0, 0.1) is 0 Å². The summed E-state index contributed by atoms with van der Waals surface area (Å²) in [7, 11) is 0. The van der Waals surface area contributed by atoms with E-state index in [0.29, 0.717) is 0 Å². The number of hydrogen-bond donors (Lipinski definition) is 3. The van der Waals surface area contributed by atoms with Gasteiger partial charge in [0.05, 0.1) is 6.61 Å². The highest BCUT2D eigenvalue weighted by molar-refractivity contribution is 6.62. The SMILES string of the molecule is O=C([O-])C(=O)C(=O)[C@H](O)[C@@H](O)CO. The van der Waals surface area contributed by atoms with Crippen molar-refractivity contribution < 1.29 is 34.8 Å². The van der Waals surface area contributed by atoms with Crippen LogP contribution in [0.2, 0.25) is 0 Å². The normalized spacial score (nSPS) is 14.7. The quantitative estimate of drug-likeness (QED) is 0.295. The van der Waals surface area contributed by atoms with Crippen molar-refractivity contribution in [2.45, 2.75) is 12.2 Å². The van der Waals surface area contributed by atoms with Crippen molar-refractivity contribution in [1.29, 1.82) is 0 Å². The summed E-state index contributed by atoms with van der Waals surface area (Å²) in [6.45, 7) is -0.965. The standard InChI is InChI=1S/C6H8O7/c7-1-2(8)3(9)4(10)5(11)6(12)13/h2-3,7-9H,1H2,(H,12,13)/p-1/t2-,3+/m0/s1. The molecule has 0 aromatic carbocycles. The van der Waals surface area contributed by atoms with Crippen LogP contribution in [-0.4, -0.2) is 51.7 Å². The van der Waals surface area contributed by atoms with Gasteiger partial charge < -0.3 is 25.2 Å². The number of rotatable bonds is 5. The van der Waals surface area contributed by atoms with Crippen molar-refractivity contribution in [3.05, 3.63) is 0 Å². The fourth-order valence-electron chi connectivity index (χ4n) is 0.509. The molecule has 7 nitrogen and oxygen atoms in total. The number of Topliss-reactive ketones (excluding diaryl/α,β-unsaturated/α-hetero) is 2. The van der Waals surface area contributed by atoms with Crippen molar-refractivity contribution in [2.75, 3.05) is 6.61 Å². The average Bonchev–Trinajstić information content (AvgIpc) is 2.12. The van der Waals surface area contributed by atoms with E-state index in [0.717, 1.165) is 0 Å². The first-order valence-corrected chi connectivity index (χ1v) is 3.18. The molecule has 13 heavy (non-hydrogen) atoms. The van der Waals surface area contributed by atoms with Crippen molar-refractivity contribution in [1.82, 2.24) is 0 Å². The van der Waals surface area contributed by atoms with Gasteiger partial charge in [0.25, 0.3) is 0 Å². The Balaban J connectivity index is 4.43. The highest BCUT2D eigenvalue weighted by Gasteiger charge is 2.29. The Hall–Kier alpha value is -1.31. The first-order chi connectivity index (χ1) is 5.91. The van der Waals surface area contributed by atoms with Crippen LogP contribution in [-0.2, 0) is 14.4 Å². The Morgan fingerprint density at radius 3 is 2.00 bits per heavy atom. The molecule has 0 aliphatic heterocycles. The second-order valence-corrected chi connectivity index (χ2v) is 2.18. The summed E-state index contributed by atoms with van der Waals surface area (Å²) in [5, 5.41) is 35.4. The summed E-state index contributed by atoms with van der Waals surface area (Å²) in [5.41, 5.74) is 0. The van der Waals surface area contributed by atoms with Gasteiger partial charge in [-0.05, 0) is 0 Å². The molecule has 0 rings (SSSR count). The number of carboxylic acids is 1. The Morgan fingerprint density at radius 2 is 1.69 bits per heavy atom. The Morgan fingerprint density at radius 1 is 1.23 bits per heavy atom. The fraction of sp³-hybridized carbons (Fsp3) is 0.500. The lowest BCUT2D eigenvalue weighted by atomic mass is 10.1. The van der Waals surface area contributed by atoms with Crippen molar-refractivity contribution in [3.63, 3.8) is 0 Å². The minimum absolute atomic E-state index is 0.965. The van der Waals surface area contributed by atoms with Gasteiger partial charge >= 0.3 is 0 Å². The van der Waals surface area contributed by atoms with E-state index < -0.39 is 36.4 Å². The minimum atomic E-state index is -2.27. The van der Waals surface area contributed by atoms with E-state index in [1.54, 1.807) is 0 Å². The van der Waals surface area contributed by atoms with Crippen LogP contribution in [0.4, 0.5) is 0 Å². The van der Waals surface area contributed by atoms with E-state index in [1.807, 2.05) is 0 Å². The monoisotopic (exact) mass is 191 g/mol. The molecule has 2 atom stereocenters. The lowest BCUT2D eigenvalue weighted by Gasteiger charge is -2.13. The van der Waals surface area contributed by atoms with Crippen LogP contribution in [0.5, 0.6) is 0 Å². The molecule has 0 aliphatic carbocycles. The number of aliphatic hydroxyl groups is 3.